The number of rotatable bonds is 4. The highest BCUT2D eigenvalue weighted by Gasteiger charge is 2.15. The van der Waals surface area contributed by atoms with Crippen molar-refractivity contribution in [2.75, 3.05) is 14.2 Å². The van der Waals surface area contributed by atoms with E-state index >= 15 is 0 Å². The summed E-state index contributed by atoms with van der Waals surface area (Å²) in [5.41, 5.74) is 7.84. The minimum Gasteiger partial charge on any atom is -0.493 e. The summed E-state index contributed by atoms with van der Waals surface area (Å²) in [5, 5.41) is 0. The fourth-order valence-electron chi connectivity index (χ4n) is 1.54. The second kappa shape index (κ2) is 5.37. The summed E-state index contributed by atoms with van der Waals surface area (Å²) >= 11 is 3.54. The van der Waals surface area contributed by atoms with E-state index < -0.39 is 0 Å². The standard InChI is InChI=1S/C11H16BrNO2/c1-4-7-5-9(14-2)11(15-3)8(6-13)10(7)12/h5H,4,6,13H2,1-3H3. The van der Waals surface area contributed by atoms with E-state index in [0.29, 0.717) is 12.3 Å². The van der Waals surface area contributed by atoms with Gasteiger partial charge in [-0.1, -0.05) is 22.9 Å². The highest BCUT2D eigenvalue weighted by molar-refractivity contribution is 9.10. The van der Waals surface area contributed by atoms with Crippen molar-refractivity contribution in [3.05, 3.63) is 21.7 Å². The van der Waals surface area contributed by atoms with Crippen molar-refractivity contribution in [3.63, 3.8) is 0 Å². The number of ether oxygens (including phenoxy) is 2. The van der Waals surface area contributed by atoms with Crippen molar-refractivity contribution in [1.82, 2.24) is 0 Å². The summed E-state index contributed by atoms with van der Waals surface area (Å²) in [4.78, 5) is 0. The lowest BCUT2D eigenvalue weighted by Crippen LogP contribution is -2.05. The average molecular weight is 274 g/mol. The average Bonchev–Trinajstić information content (AvgIpc) is 2.28. The predicted molar refractivity (Wildman–Crippen MR) is 64.5 cm³/mol. The van der Waals surface area contributed by atoms with Gasteiger partial charge in [-0.05, 0) is 18.1 Å². The van der Waals surface area contributed by atoms with Gasteiger partial charge in [0.1, 0.15) is 0 Å². The van der Waals surface area contributed by atoms with Gasteiger partial charge in [0.25, 0.3) is 0 Å². The molecule has 0 heterocycles. The lowest BCUT2D eigenvalue weighted by atomic mass is 10.1. The summed E-state index contributed by atoms with van der Waals surface area (Å²) < 4.78 is 11.6. The summed E-state index contributed by atoms with van der Waals surface area (Å²) in [6.45, 7) is 2.51. The van der Waals surface area contributed by atoms with Crippen molar-refractivity contribution in [2.45, 2.75) is 19.9 Å². The van der Waals surface area contributed by atoms with Crippen LogP contribution in [0.1, 0.15) is 18.1 Å². The molecule has 4 heteroatoms. The highest BCUT2D eigenvalue weighted by atomic mass is 79.9. The van der Waals surface area contributed by atoms with Crippen LogP contribution < -0.4 is 15.2 Å². The number of aryl methyl sites for hydroxylation is 1. The Labute approximate surface area is 98.7 Å². The molecule has 15 heavy (non-hydrogen) atoms. The maximum atomic E-state index is 5.71. The zero-order chi connectivity index (χ0) is 11.4. The maximum Gasteiger partial charge on any atom is 0.166 e. The number of hydrogen-bond donors (Lipinski definition) is 1. The maximum absolute atomic E-state index is 5.71. The van der Waals surface area contributed by atoms with Crippen LogP contribution in [0.3, 0.4) is 0 Å². The third-order valence-electron chi connectivity index (χ3n) is 2.36. The first-order valence-electron chi connectivity index (χ1n) is 4.81. The molecule has 0 saturated heterocycles. The molecule has 0 spiro atoms. The fourth-order valence-corrected chi connectivity index (χ4v) is 2.28. The van der Waals surface area contributed by atoms with Crippen LogP contribution in [0.2, 0.25) is 0 Å². The van der Waals surface area contributed by atoms with E-state index in [1.807, 2.05) is 6.07 Å². The lowest BCUT2D eigenvalue weighted by Gasteiger charge is -2.16. The van der Waals surface area contributed by atoms with Gasteiger partial charge in [-0.25, -0.2) is 0 Å². The molecule has 0 amide bonds. The Morgan fingerprint density at radius 1 is 1.33 bits per heavy atom. The van der Waals surface area contributed by atoms with E-state index in [2.05, 4.69) is 22.9 Å². The third-order valence-corrected chi connectivity index (χ3v) is 3.35. The van der Waals surface area contributed by atoms with E-state index in [4.69, 9.17) is 15.2 Å². The van der Waals surface area contributed by atoms with Gasteiger partial charge >= 0.3 is 0 Å². The van der Waals surface area contributed by atoms with E-state index in [0.717, 1.165) is 22.2 Å². The second-order valence-electron chi connectivity index (χ2n) is 3.12. The summed E-state index contributed by atoms with van der Waals surface area (Å²) in [5.74, 6) is 1.45. The van der Waals surface area contributed by atoms with Crippen molar-refractivity contribution < 1.29 is 9.47 Å². The minimum atomic E-state index is 0.425. The first-order valence-corrected chi connectivity index (χ1v) is 5.61. The van der Waals surface area contributed by atoms with Gasteiger partial charge < -0.3 is 15.2 Å². The first kappa shape index (κ1) is 12.3. The summed E-state index contributed by atoms with van der Waals surface area (Å²) in [6, 6.07) is 1.97. The molecule has 0 aliphatic rings. The molecular formula is C11H16BrNO2. The number of benzene rings is 1. The van der Waals surface area contributed by atoms with Crippen molar-refractivity contribution >= 4 is 15.9 Å². The lowest BCUT2D eigenvalue weighted by molar-refractivity contribution is 0.351. The van der Waals surface area contributed by atoms with Crippen LogP contribution in [-0.2, 0) is 13.0 Å². The zero-order valence-corrected chi connectivity index (χ0v) is 10.8. The van der Waals surface area contributed by atoms with Crippen molar-refractivity contribution in [2.24, 2.45) is 5.73 Å². The Bertz CT molecular complexity index is 353. The Kier molecular flexibility index (Phi) is 4.42. The van der Waals surface area contributed by atoms with Crippen LogP contribution >= 0.6 is 15.9 Å². The molecule has 1 aromatic carbocycles. The molecule has 1 rings (SSSR count). The minimum absolute atomic E-state index is 0.425. The van der Waals surface area contributed by atoms with Gasteiger partial charge in [0.2, 0.25) is 0 Å². The molecule has 0 radical (unpaired) electrons. The van der Waals surface area contributed by atoms with Crippen LogP contribution in [-0.4, -0.2) is 14.2 Å². The largest absolute Gasteiger partial charge is 0.493 e. The molecule has 0 aromatic heterocycles. The number of nitrogens with two attached hydrogens (primary N) is 1. The Morgan fingerprint density at radius 2 is 2.00 bits per heavy atom. The number of halogens is 1. The summed E-state index contributed by atoms with van der Waals surface area (Å²) in [7, 11) is 3.25. The Hall–Kier alpha value is -0.740. The SMILES string of the molecule is CCc1cc(OC)c(OC)c(CN)c1Br. The monoisotopic (exact) mass is 273 g/mol. The summed E-state index contributed by atoms with van der Waals surface area (Å²) in [6.07, 6.45) is 0.925. The Balaban J connectivity index is 3.43. The van der Waals surface area contributed by atoms with Crippen molar-refractivity contribution in [1.29, 1.82) is 0 Å². The zero-order valence-electron chi connectivity index (χ0n) is 9.26. The van der Waals surface area contributed by atoms with Gasteiger partial charge in [-0.2, -0.15) is 0 Å². The number of methoxy groups -OCH3 is 2. The third kappa shape index (κ3) is 2.26. The first-order chi connectivity index (χ1) is 7.19. The Morgan fingerprint density at radius 3 is 2.40 bits per heavy atom. The fraction of sp³-hybridized carbons (Fsp3) is 0.455. The van der Waals surface area contributed by atoms with E-state index in [1.165, 1.54) is 5.56 Å². The van der Waals surface area contributed by atoms with Crippen LogP contribution in [0.4, 0.5) is 0 Å². The molecule has 84 valence electrons. The highest BCUT2D eigenvalue weighted by Crippen LogP contribution is 2.38. The molecule has 0 bridgehead atoms. The molecule has 0 fully saturated rings. The second-order valence-corrected chi connectivity index (χ2v) is 3.91. The smallest absolute Gasteiger partial charge is 0.166 e. The molecule has 0 aliphatic carbocycles. The number of hydrogen-bond acceptors (Lipinski definition) is 3. The van der Waals surface area contributed by atoms with Crippen molar-refractivity contribution in [3.8, 4) is 11.5 Å². The van der Waals surface area contributed by atoms with Crippen LogP contribution in [0.15, 0.2) is 10.5 Å². The topological polar surface area (TPSA) is 44.5 Å². The molecule has 0 aliphatic heterocycles. The van der Waals surface area contributed by atoms with Gasteiger partial charge in [-0.3, -0.25) is 0 Å². The molecular weight excluding hydrogens is 258 g/mol. The normalized spacial score (nSPS) is 10.2. The van der Waals surface area contributed by atoms with Crippen LogP contribution in [0.25, 0.3) is 0 Å². The predicted octanol–water partition coefficient (Wildman–Crippen LogP) is 2.49. The molecule has 0 atom stereocenters. The van der Waals surface area contributed by atoms with E-state index in [-0.39, 0.29) is 0 Å². The molecule has 1 aromatic rings. The van der Waals surface area contributed by atoms with Crippen LogP contribution in [0.5, 0.6) is 11.5 Å². The van der Waals surface area contributed by atoms with E-state index in [1.54, 1.807) is 14.2 Å². The van der Waals surface area contributed by atoms with Gasteiger partial charge in [0, 0.05) is 16.6 Å². The molecule has 3 nitrogen and oxygen atoms in total. The quantitative estimate of drug-likeness (QED) is 0.917. The van der Waals surface area contributed by atoms with Gasteiger partial charge in [0.15, 0.2) is 11.5 Å². The molecule has 2 N–H and O–H groups in total. The van der Waals surface area contributed by atoms with E-state index in [9.17, 15) is 0 Å². The van der Waals surface area contributed by atoms with Gasteiger partial charge in [-0.15, -0.1) is 0 Å². The molecule has 0 saturated carbocycles. The molecule has 0 unspecified atom stereocenters. The van der Waals surface area contributed by atoms with Crippen LogP contribution in [0, 0.1) is 0 Å². The van der Waals surface area contributed by atoms with Gasteiger partial charge in [0.05, 0.1) is 14.2 Å².